The zero-order valence-electron chi connectivity index (χ0n) is 22.5. The molecule has 0 aliphatic heterocycles. The van der Waals surface area contributed by atoms with E-state index >= 15 is 0 Å². The highest BCUT2D eigenvalue weighted by molar-refractivity contribution is 5.75. The summed E-state index contributed by atoms with van der Waals surface area (Å²) < 4.78 is 73.9. The monoisotopic (exact) mass is 311 g/mol. The second-order valence-corrected chi connectivity index (χ2v) is 6.20. The van der Waals surface area contributed by atoms with Crippen LogP contribution in [0.15, 0.2) is 60.7 Å². The summed E-state index contributed by atoms with van der Waals surface area (Å²) in [5, 5.41) is 0. The molecule has 0 radical (unpaired) electrons. The van der Waals surface area contributed by atoms with E-state index in [0.717, 1.165) is 6.33 Å². The van der Waals surface area contributed by atoms with E-state index in [2.05, 4.69) is 9.97 Å². The first kappa shape index (κ1) is 7.87. The Hall–Kier alpha value is -2.48. The lowest BCUT2D eigenvalue weighted by Gasteiger charge is -2.25. The molecule has 2 aromatic carbocycles. The first-order chi connectivity index (χ1) is 14.7. The second kappa shape index (κ2) is 5.96. The van der Waals surface area contributed by atoms with Crippen LogP contribution in [0.25, 0.3) is 22.5 Å². The minimum absolute atomic E-state index is 0.0217. The van der Waals surface area contributed by atoms with E-state index in [1.54, 1.807) is 0 Å². The highest BCUT2D eigenvalue weighted by Gasteiger charge is 2.25. The van der Waals surface area contributed by atoms with E-state index in [1.807, 2.05) is 20.8 Å². The number of aromatic nitrogens is 2. The maximum Gasteiger partial charge on any atom is 0.116 e. The predicted molar refractivity (Wildman–Crippen MR) is 96.3 cm³/mol. The molecule has 3 rings (SSSR count). The molecule has 0 bridgehead atoms. The van der Waals surface area contributed by atoms with Crippen LogP contribution in [0.5, 0.6) is 0 Å². The van der Waals surface area contributed by atoms with Gasteiger partial charge in [0.25, 0.3) is 0 Å². The van der Waals surface area contributed by atoms with Gasteiger partial charge in [0.2, 0.25) is 0 Å². The summed E-state index contributed by atoms with van der Waals surface area (Å²) in [6.45, 7) is 6.96. The molecule has 2 heteroatoms. The van der Waals surface area contributed by atoms with Crippen molar-refractivity contribution in [2.24, 2.45) is 0 Å². The molecule has 1 heterocycles. The molecule has 0 N–H and O–H groups in total. The third kappa shape index (κ3) is 3.16. The Balaban J connectivity index is 2.55. The van der Waals surface area contributed by atoms with Crippen LogP contribution in [0.3, 0.4) is 0 Å². The molecule has 0 saturated heterocycles. The van der Waals surface area contributed by atoms with Gasteiger partial charge in [-0.3, -0.25) is 0 Å². The van der Waals surface area contributed by atoms with Gasteiger partial charge in [-0.25, -0.2) is 9.97 Å². The smallest absolute Gasteiger partial charge is 0.116 e. The van der Waals surface area contributed by atoms with Gasteiger partial charge in [-0.15, -0.1) is 0 Å². The summed E-state index contributed by atoms with van der Waals surface area (Å²) in [5.74, 6) is 0. The number of hydrogen-bond donors (Lipinski definition) is 0. The molecule has 0 unspecified atom stereocenters. The molecule has 0 aliphatic rings. The fourth-order valence-corrected chi connectivity index (χ4v) is 2.34. The Kier molecular flexibility index (Phi) is 2.04. The van der Waals surface area contributed by atoms with Crippen LogP contribution in [0.4, 0.5) is 0 Å². The normalized spacial score (nSPS) is 17.0. The van der Waals surface area contributed by atoms with Crippen molar-refractivity contribution < 1.29 is 12.3 Å². The molecule has 116 valence electrons. The molecule has 0 spiro atoms. The molecule has 0 aliphatic carbocycles. The van der Waals surface area contributed by atoms with E-state index in [4.69, 9.17) is 12.3 Å². The van der Waals surface area contributed by atoms with Gasteiger partial charge in [-0.1, -0.05) is 80.7 Å². The SMILES string of the molecule is [2H]c1c([2H])c([2H])c(-c2ncnc(-c3c([2H])c([2H])c(C)c([2H])c3[2H])c2C(C)(C)C)c([2H])c1[2H]. The molecule has 0 saturated carbocycles. The Labute approximate surface area is 150 Å². The number of nitrogens with zero attached hydrogens (tertiary/aromatic N) is 2. The van der Waals surface area contributed by atoms with E-state index in [-0.39, 0.29) is 52.2 Å². The van der Waals surface area contributed by atoms with Crippen LogP contribution in [-0.4, -0.2) is 9.97 Å². The van der Waals surface area contributed by atoms with Gasteiger partial charge in [0.1, 0.15) is 6.33 Å². The van der Waals surface area contributed by atoms with Crippen molar-refractivity contribution in [3.8, 4) is 22.5 Å². The van der Waals surface area contributed by atoms with Crippen molar-refractivity contribution in [2.75, 3.05) is 0 Å². The van der Waals surface area contributed by atoms with Crippen LogP contribution in [0.2, 0.25) is 0 Å². The average molecular weight is 311 g/mol. The van der Waals surface area contributed by atoms with Crippen molar-refractivity contribution >= 4 is 0 Å². The quantitative estimate of drug-likeness (QED) is 0.632. The highest BCUT2D eigenvalue weighted by Crippen LogP contribution is 2.37. The zero-order chi connectivity index (χ0) is 24.3. The Morgan fingerprint density at radius 3 is 1.83 bits per heavy atom. The molecule has 3 aromatic rings. The maximum absolute atomic E-state index is 8.46. The van der Waals surface area contributed by atoms with Crippen molar-refractivity contribution in [3.05, 3.63) is 71.8 Å². The maximum atomic E-state index is 8.46. The largest absolute Gasteiger partial charge is 0.236 e. The Bertz CT molecular complexity index is 1120. The summed E-state index contributed by atoms with van der Waals surface area (Å²) in [4.78, 5) is 8.55. The van der Waals surface area contributed by atoms with Crippen molar-refractivity contribution in [2.45, 2.75) is 33.1 Å². The highest BCUT2D eigenvalue weighted by atomic mass is 14.9. The van der Waals surface area contributed by atoms with Gasteiger partial charge in [0.05, 0.1) is 23.7 Å². The summed E-state index contributed by atoms with van der Waals surface area (Å²) >= 11 is 0. The average Bonchev–Trinajstić information content (AvgIpc) is 2.73. The summed E-state index contributed by atoms with van der Waals surface area (Å²) in [6, 6.07) is -3.27. The van der Waals surface area contributed by atoms with Crippen LogP contribution >= 0.6 is 0 Å². The summed E-state index contributed by atoms with van der Waals surface area (Å²) in [5.41, 5.74) is -0.0611. The third-order valence-corrected chi connectivity index (χ3v) is 3.32. The van der Waals surface area contributed by atoms with Crippen molar-refractivity contribution in [1.29, 1.82) is 0 Å². The first-order valence-electron chi connectivity index (χ1n) is 11.7. The number of rotatable bonds is 2. The summed E-state index contributed by atoms with van der Waals surface area (Å²) in [7, 11) is 0. The van der Waals surface area contributed by atoms with E-state index in [0.29, 0.717) is 5.56 Å². The molecule has 2 nitrogen and oxygen atoms in total. The van der Waals surface area contributed by atoms with Gasteiger partial charge >= 0.3 is 0 Å². The molecular formula is C21H22N2. The van der Waals surface area contributed by atoms with Gasteiger partial charge in [-0.05, 0) is 12.3 Å². The number of benzene rings is 2. The van der Waals surface area contributed by atoms with Gasteiger partial charge in [0.15, 0.2) is 0 Å². The molecule has 0 amide bonds. The van der Waals surface area contributed by atoms with Crippen LogP contribution in [-0.2, 0) is 5.41 Å². The van der Waals surface area contributed by atoms with E-state index in [1.165, 1.54) is 6.92 Å². The van der Waals surface area contributed by atoms with Gasteiger partial charge in [-0.2, -0.15) is 0 Å². The molecule has 0 atom stereocenters. The summed E-state index contributed by atoms with van der Waals surface area (Å²) in [6.07, 6.45) is 1.15. The van der Waals surface area contributed by atoms with Crippen LogP contribution < -0.4 is 0 Å². The van der Waals surface area contributed by atoms with Crippen LogP contribution in [0.1, 0.15) is 44.2 Å². The lowest BCUT2D eigenvalue weighted by molar-refractivity contribution is 0.588. The van der Waals surface area contributed by atoms with Gasteiger partial charge in [0, 0.05) is 16.7 Å². The number of hydrogen-bond acceptors (Lipinski definition) is 2. The molecular weight excluding hydrogens is 280 g/mol. The Morgan fingerprint density at radius 2 is 1.30 bits per heavy atom. The van der Waals surface area contributed by atoms with Gasteiger partial charge < -0.3 is 0 Å². The standard InChI is InChI=1S/C21H22N2/c1-15-10-12-17(13-11-15)20-18(21(2,3)4)19(22-14-23-20)16-8-6-5-7-9-16/h5-14H,1-4H3/i5D,6D,7D,8D,9D,10D,11D,12D,13D. The van der Waals surface area contributed by atoms with E-state index in [9.17, 15) is 0 Å². The molecule has 23 heavy (non-hydrogen) atoms. The minimum Gasteiger partial charge on any atom is -0.236 e. The van der Waals surface area contributed by atoms with Crippen molar-refractivity contribution in [3.63, 3.8) is 0 Å². The first-order valence-corrected chi connectivity index (χ1v) is 7.21. The zero-order valence-corrected chi connectivity index (χ0v) is 13.5. The Morgan fingerprint density at radius 1 is 0.783 bits per heavy atom. The lowest BCUT2D eigenvalue weighted by Crippen LogP contribution is -2.16. The fraction of sp³-hybridized carbons (Fsp3) is 0.238. The molecule has 1 aromatic heterocycles. The topological polar surface area (TPSA) is 25.8 Å². The minimum atomic E-state index is -0.733. The van der Waals surface area contributed by atoms with E-state index < -0.39 is 35.6 Å². The second-order valence-electron chi connectivity index (χ2n) is 6.20. The fourth-order valence-electron chi connectivity index (χ4n) is 2.34. The van der Waals surface area contributed by atoms with Crippen LogP contribution in [0, 0.1) is 6.92 Å². The predicted octanol–water partition coefficient (Wildman–Crippen LogP) is 5.42. The lowest BCUT2D eigenvalue weighted by atomic mass is 9.81. The molecule has 0 fully saturated rings. The van der Waals surface area contributed by atoms with Crippen molar-refractivity contribution in [1.82, 2.24) is 9.97 Å². The third-order valence-electron chi connectivity index (χ3n) is 3.32.